The van der Waals surface area contributed by atoms with Crippen LogP contribution in [0, 0.1) is 0 Å². The van der Waals surface area contributed by atoms with Crippen LogP contribution < -0.4 is 10.1 Å². The number of carbonyl (C=O) groups excluding carboxylic acids is 2. The average Bonchev–Trinajstić information content (AvgIpc) is 2.55. The molecule has 1 rings (SSSR count). The Bertz CT molecular complexity index is 503. The zero-order valence-corrected chi connectivity index (χ0v) is 14.4. The molecule has 0 aliphatic heterocycles. The van der Waals surface area contributed by atoms with Gasteiger partial charge in [0.1, 0.15) is 5.75 Å². The standard InChI is InChI=1S/C18H28N2O3/c1-4-5-13-20(15(2)21)14-11-18(22)19-12-10-16-8-6-7-9-17(16)23-3/h6-9H,4-5,10-14H2,1-3H3,(H,19,22). The maximum absolute atomic E-state index is 11.9. The predicted molar refractivity (Wildman–Crippen MR) is 91.5 cm³/mol. The zero-order chi connectivity index (χ0) is 17.1. The number of rotatable bonds is 10. The Hall–Kier alpha value is -2.04. The van der Waals surface area contributed by atoms with Crippen molar-refractivity contribution in [2.75, 3.05) is 26.7 Å². The van der Waals surface area contributed by atoms with E-state index >= 15 is 0 Å². The summed E-state index contributed by atoms with van der Waals surface area (Å²) in [7, 11) is 1.64. The van der Waals surface area contributed by atoms with Gasteiger partial charge in [-0.15, -0.1) is 0 Å². The van der Waals surface area contributed by atoms with E-state index in [1.54, 1.807) is 18.9 Å². The lowest BCUT2D eigenvalue weighted by Gasteiger charge is -2.20. The number of carbonyl (C=O) groups is 2. The van der Waals surface area contributed by atoms with Gasteiger partial charge in [0, 0.05) is 33.0 Å². The van der Waals surface area contributed by atoms with E-state index in [-0.39, 0.29) is 11.8 Å². The smallest absolute Gasteiger partial charge is 0.221 e. The maximum Gasteiger partial charge on any atom is 0.221 e. The largest absolute Gasteiger partial charge is 0.496 e. The van der Waals surface area contributed by atoms with E-state index in [0.29, 0.717) is 19.5 Å². The molecule has 0 aliphatic carbocycles. The minimum atomic E-state index is -0.0253. The molecule has 0 saturated heterocycles. The van der Waals surface area contributed by atoms with Gasteiger partial charge in [0.15, 0.2) is 0 Å². The molecule has 0 unspecified atom stereocenters. The minimum absolute atomic E-state index is 0.0253. The van der Waals surface area contributed by atoms with Crippen LogP contribution in [-0.4, -0.2) is 43.5 Å². The Morgan fingerprint density at radius 3 is 2.61 bits per heavy atom. The number of ether oxygens (including phenoxy) is 1. The second-order valence-corrected chi connectivity index (χ2v) is 5.52. The number of hydrogen-bond acceptors (Lipinski definition) is 3. The number of hydrogen-bond donors (Lipinski definition) is 1. The molecule has 0 bridgehead atoms. The fourth-order valence-electron chi connectivity index (χ4n) is 2.35. The van der Waals surface area contributed by atoms with Crippen LogP contribution in [0.25, 0.3) is 0 Å². The van der Waals surface area contributed by atoms with Gasteiger partial charge in [-0.05, 0) is 24.5 Å². The van der Waals surface area contributed by atoms with Gasteiger partial charge in [-0.1, -0.05) is 31.5 Å². The monoisotopic (exact) mass is 320 g/mol. The van der Waals surface area contributed by atoms with Crippen LogP contribution in [0.5, 0.6) is 5.75 Å². The third-order valence-corrected chi connectivity index (χ3v) is 3.74. The number of para-hydroxylation sites is 1. The highest BCUT2D eigenvalue weighted by atomic mass is 16.5. The van der Waals surface area contributed by atoms with Crippen LogP contribution in [-0.2, 0) is 16.0 Å². The zero-order valence-electron chi connectivity index (χ0n) is 14.4. The van der Waals surface area contributed by atoms with Gasteiger partial charge in [-0.3, -0.25) is 9.59 Å². The highest BCUT2D eigenvalue weighted by Gasteiger charge is 2.10. The molecular weight excluding hydrogens is 292 g/mol. The number of methoxy groups -OCH3 is 1. The summed E-state index contributed by atoms with van der Waals surface area (Å²) < 4.78 is 5.29. The van der Waals surface area contributed by atoms with Gasteiger partial charge in [0.25, 0.3) is 0 Å². The first-order chi connectivity index (χ1) is 11.1. The molecule has 1 aromatic rings. The fourth-order valence-corrected chi connectivity index (χ4v) is 2.35. The summed E-state index contributed by atoms with van der Waals surface area (Å²) >= 11 is 0. The molecule has 0 aliphatic rings. The van der Waals surface area contributed by atoms with Crippen LogP contribution in [0.4, 0.5) is 0 Å². The number of unbranched alkanes of at least 4 members (excludes halogenated alkanes) is 1. The van der Waals surface area contributed by atoms with Crippen LogP contribution in [0.1, 0.15) is 38.7 Å². The second kappa shape index (κ2) is 10.6. The van der Waals surface area contributed by atoms with Crippen LogP contribution in [0.3, 0.4) is 0 Å². The summed E-state index contributed by atoms with van der Waals surface area (Å²) in [6.07, 6.45) is 3.07. The van der Waals surface area contributed by atoms with Crippen molar-refractivity contribution >= 4 is 11.8 Å². The first-order valence-electron chi connectivity index (χ1n) is 8.22. The molecule has 1 aromatic carbocycles. The number of nitrogens with one attached hydrogen (secondary N) is 1. The van der Waals surface area contributed by atoms with E-state index in [4.69, 9.17) is 4.74 Å². The van der Waals surface area contributed by atoms with Crippen molar-refractivity contribution in [3.05, 3.63) is 29.8 Å². The lowest BCUT2D eigenvalue weighted by molar-refractivity contribution is -0.129. The molecule has 5 heteroatoms. The topological polar surface area (TPSA) is 58.6 Å². The summed E-state index contributed by atoms with van der Waals surface area (Å²) in [5, 5.41) is 2.90. The van der Waals surface area contributed by atoms with Gasteiger partial charge in [0.05, 0.1) is 7.11 Å². The molecule has 0 fully saturated rings. The fraction of sp³-hybridized carbons (Fsp3) is 0.556. The Kier molecular flexibility index (Phi) is 8.80. The van der Waals surface area contributed by atoms with Crippen LogP contribution in [0.15, 0.2) is 24.3 Å². The van der Waals surface area contributed by atoms with Gasteiger partial charge in [0.2, 0.25) is 11.8 Å². The Morgan fingerprint density at radius 2 is 1.96 bits per heavy atom. The molecular formula is C18H28N2O3. The summed E-state index contributed by atoms with van der Waals surface area (Å²) in [5.41, 5.74) is 1.07. The Labute approximate surface area is 139 Å². The molecule has 1 N–H and O–H groups in total. The van der Waals surface area contributed by atoms with Crippen molar-refractivity contribution in [3.8, 4) is 5.75 Å². The van der Waals surface area contributed by atoms with Gasteiger partial charge < -0.3 is 15.0 Å². The molecule has 0 atom stereocenters. The SMILES string of the molecule is CCCCN(CCC(=O)NCCc1ccccc1OC)C(C)=O. The summed E-state index contributed by atoms with van der Waals surface area (Å²) in [5.74, 6) is 0.840. The predicted octanol–water partition coefficient (Wildman–Crippen LogP) is 2.39. The van der Waals surface area contributed by atoms with Crippen molar-refractivity contribution in [2.45, 2.75) is 39.5 Å². The van der Waals surface area contributed by atoms with Crippen molar-refractivity contribution in [2.24, 2.45) is 0 Å². The summed E-state index contributed by atoms with van der Waals surface area (Å²) in [6.45, 7) is 5.41. The van der Waals surface area contributed by atoms with E-state index in [9.17, 15) is 9.59 Å². The lowest BCUT2D eigenvalue weighted by atomic mass is 10.1. The van der Waals surface area contributed by atoms with Crippen molar-refractivity contribution < 1.29 is 14.3 Å². The third kappa shape index (κ3) is 7.17. The molecule has 5 nitrogen and oxygen atoms in total. The molecule has 2 amide bonds. The molecule has 0 heterocycles. The van der Waals surface area contributed by atoms with E-state index < -0.39 is 0 Å². The number of benzene rings is 1. The first-order valence-corrected chi connectivity index (χ1v) is 8.22. The maximum atomic E-state index is 11.9. The summed E-state index contributed by atoms with van der Waals surface area (Å²) in [6, 6.07) is 7.79. The average molecular weight is 320 g/mol. The quantitative estimate of drug-likeness (QED) is 0.720. The molecule has 0 spiro atoms. The highest BCUT2D eigenvalue weighted by molar-refractivity contribution is 5.78. The van der Waals surface area contributed by atoms with Gasteiger partial charge in [-0.2, -0.15) is 0 Å². The number of amides is 2. The van der Waals surface area contributed by atoms with E-state index in [2.05, 4.69) is 12.2 Å². The molecule has 0 aromatic heterocycles. The van der Waals surface area contributed by atoms with Gasteiger partial charge in [-0.25, -0.2) is 0 Å². The van der Waals surface area contributed by atoms with Crippen molar-refractivity contribution in [1.82, 2.24) is 10.2 Å². The van der Waals surface area contributed by atoms with Crippen molar-refractivity contribution in [1.29, 1.82) is 0 Å². The third-order valence-electron chi connectivity index (χ3n) is 3.74. The second-order valence-electron chi connectivity index (χ2n) is 5.52. The normalized spacial score (nSPS) is 10.2. The van der Waals surface area contributed by atoms with E-state index in [0.717, 1.165) is 37.1 Å². The minimum Gasteiger partial charge on any atom is -0.496 e. The highest BCUT2D eigenvalue weighted by Crippen LogP contribution is 2.17. The molecule has 0 saturated carbocycles. The van der Waals surface area contributed by atoms with Crippen molar-refractivity contribution in [3.63, 3.8) is 0 Å². The van der Waals surface area contributed by atoms with Gasteiger partial charge >= 0.3 is 0 Å². The molecule has 128 valence electrons. The molecule has 0 radical (unpaired) electrons. The van der Waals surface area contributed by atoms with E-state index in [1.807, 2.05) is 24.3 Å². The number of nitrogens with zero attached hydrogens (tertiary/aromatic N) is 1. The van der Waals surface area contributed by atoms with Crippen LogP contribution in [0.2, 0.25) is 0 Å². The summed E-state index contributed by atoms with van der Waals surface area (Å²) in [4.78, 5) is 25.2. The van der Waals surface area contributed by atoms with E-state index in [1.165, 1.54) is 0 Å². The molecule has 23 heavy (non-hydrogen) atoms. The van der Waals surface area contributed by atoms with Crippen LogP contribution >= 0.6 is 0 Å². The first kappa shape index (κ1) is 19.0. The lowest BCUT2D eigenvalue weighted by Crippen LogP contribution is -2.35. The Morgan fingerprint density at radius 1 is 1.22 bits per heavy atom. The Balaban J connectivity index is 2.32.